The van der Waals surface area contributed by atoms with Crippen molar-refractivity contribution in [3.63, 3.8) is 0 Å². The number of allylic oxidation sites excluding steroid dienone is 1. The van der Waals surface area contributed by atoms with Crippen LogP contribution < -0.4 is 0 Å². The summed E-state index contributed by atoms with van der Waals surface area (Å²) in [4.78, 5) is 2.57. The van der Waals surface area contributed by atoms with Crippen LogP contribution in [0.4, 0.5) is 0 Å². The van der Waals surface area contributed by atoms with E-state index >= 15 is 0 Å². The second kappa shape index (κ2) is 41.1. The van der Waals surface area contributed by atoms with Gasteiger partial charge in [0, 0.05) is 6.61 Å². The standard InChI is InChI=1S/C46H93NO/c1-6-9-12-15-18-19-20-22-25-31-38-45(4)39-32-30-36-43-47(5)42-35-28-23-21-24-29-37-44-48-46(40-33-26-16-13-10-7-2)41-34-27-17-14-11-8-3/h46H,4,6-44H2,1-3,5H3. The van der Waals surface area contributed by atoms with E-state index in [1.165, 1.54) is 250 Å². The summed E-state index contributed by atoms with van der Waals surface area (Å²) in [6.45, 7) is 14.8. The molecular weight excluding hydrogens is 583 g/mol. The van der Waals surface area contributed by atoms with E-state index in [4.69, 9.17) is 4.74 Å². The van der Waals surface area contributed by atoms with Gasteiger partial charge in [-0.15, -0.1) is 0 Å². The monoisotopic (exact) mass is 676 g/mol. The lowest BCUT2D eigenvalue weighted by Crippen LogP contribution is -2.20. The molecule has 2 heteroatoms. The Labute approximate surface area is 305 Å². The Kier molecular flexibility index (Phi) is 40.8. The second-order valence-electron chi connectivity index (χ2n) is 15.9. The minimum atomic E-state index is 0.526. The van der Waals surface area contributed by atoms with Crippen molar-refractivity contribution in [2.45, 2.75) is 258 Å². The lowest BCUT2D eigenvalue weighted by Gasteiger charge is -2.18. The molecule has 0 fully saturated rings. The van der Waals surface area contributed by atoms with Gasteiger partial charge in [-0.1, -0.05) is 206 Å². The summed E-state index contributed by atoms with van der Waals surface area (Å²) in [5.41, 5.74) is 1.51. The maximum atomic E-state index is 6.46. The Hall–Kier alpha value is -0.340. The number of rotatable bonds is 42. The molecule has 288 valence electrons. The quantitative estimate of drug-likeness (QED) is 0.0472. The fourth-order valence-corrected chi connectivity index (χ4v) is 7.27. The smallest absolute Gasteiger partial charge is 0.0575 e. The normalized spacial score (nSPS) is 11.8. The van der Waals surface area contributed by atoms with Crippen molar-refractivity contribution in [1.82, 2.24) is 4.90 Å². The van der Waals surface area contributed by atoms with Gasteiger partial charge >= 0.3 is 0 Å². The van der Waals surface area contributed by atoms with Gasteiger partial charge in [-0.2, -0.15) is 0 Å². The van der Waals surface area contributed by atoms with Crippen molar-refractivity contribution in [2.75, 3.05) is 26.7 Å². The van der Waals surface area contributed by atoms with Gasteiger partial charge in [-0.3, -0.25) is 0 Å². The fourth-order valence-electron chi connectivity index (χ4n) is 7.27. The van der Waals surface area contributed by atoms with E-state index in [1.54, 1.807) is 0 Å². The number of hydrogen-bond donors (Lipinski definition) is 0. The van der Waals surface area contributed by atoms with E-state index in [0.29, 0.717) is 6.10 Å². The minimum Gasteiger partial charge on any atom is -0.378 e. The van der Waals surface area contributed by atoms with Gasteiger partial charge in [0.05, 0.1) is 6.10 Å². The van der Waals surface area contributed by atoms with Crippen LogP contribution in [0, 0.1) is 0 Å². The van der Waals surface area contributed by atoms with Crippen molar-refractivity contribution in [3.05, 3.63) is 12.2 Å². The van der Waals surface area contributed by atoms with Gasteiger partial charge in [0.15, 0.2) is 0 Å². The molecule has 0 aromatic carbocycles. The molecule has 0 saturated heterocycles. The molecule has 2 nitrogen and oxygen atoms in total. The highest BCUT2D eigenvalue weighted by Gasteiger charge is 2.09. The fraction of sp³-hybridized carbons (Fsp3) is 0.957. The molecular formula is C46H93NO. The Morgan fingerprint density at radius 1 is 0.417 bits per heavy atom. The molecule has 0 atom stereocenters. The van der Waals surface area contributed by atoms with Crippen molar-refractivity contribution in [3.8, 4) is 0 Å². The Morgan fingerprint density at radius 2 is 0.729 bits per heavy atom. The van der Waals surface area contributed by atoms with E-state index in [9.17, 15) is 0 Å². The van der Waals surface area contributed by atoms with Crippen LogP contribution in [0.15, 0.2) is 12.2 Å². The first kappa shape index (κ1) is 47.7. The molecule has 0 aliphatic heterocycles. The summed E-state index contributed by atoms with van der Waals surface area (Å²) in [7, 11) is 2.33. The summed E-state index contributed by atoms with van der Waals surface area (Å²) >= 11 is 0. The number of hydrogen-bond acceptors (Lipinski definition) is 2. The molecule has 0 spiro atoms. The topological polar surface area (TPSA) is 12.5 Å². The van der Waals surface area contributed by atoms with Crippen LogP contribution in [-0.4, -0.2) is 37.7 Å². The van der Waals surface area contributed by atoms with Crippen LogP contribution in [0.2, 0.25) is 0 Å². The van der Waals surface area contributed by atoms with Gasteiger partial charge in [0.1, 0.15) is 0 Å². The van der Waals surface area contributed by atoms with Crippen LogP contribution >= 0.6 is 0 Å². The molecule has 0 bridgehead atoms. The molecule has 0 aromatic rings. The van der Waals surface area contributed by atoms with Gasteiger partial charge in [-0.05, 0) is 77.9 Å². The van der Waals surface area contributed by atoms with E-state index in [2.05, 4.69) is 39.3 Å². The molecule has 0 aliphatic rings. The summed E-state index contributed by atoms with van der Waals surface area (Å²) in [6, 6.07) is 0. The summed E-state index contributed by atoms with van der Waals surface area (Å²) in [6.07, 6.45) is 50.3. The van der Waals surface area contributed by atoms with Gasteiger partial charge in [0.25, 0.3) is 0 Å². The third-order valence-electron chi connectivity index (χ3n) is 10.8. The van der Waals surface area contributed by atoms with Crippen molar-refractivity contribution in [1.29, 1.82) is 0 Å². The predicted molar refractivity (Wildman–Crippen MR) is 220 cm³/mol. The van der Waals surface area contributed by atoms with Gasteiger partial charge < -0.3 is 9.64 Å². The zero-order valence-corrected chi connectivity index (χ0v) is 34.2. The predicted octanol–water partition coefficient (Wildman–Crippen LogP) is 16.0. The summed E-state index contributed by atoms with van der Waals surface area (Å²) in [5, 5.41) is 0. The van der Waals surface area contributed by atoms with Crippen molar-refractivity contribution < 1.29 is 4.74 Å². The Balaban J connectivity index is 3.62. The molecule has 0 heterocycles. The van der Waals surface area contributed by atoms with Gasteiger partial charge in [-0.25, -0.2) is 0 Å². The van der Waals surface area contributed by atoms with Crippen LogP contribution in [0.5, 0.6) is 0 Å². The summed E-state index contributed by atoms with van der Waals surface area (Å²) < 4.78 is 6.46. The molecule has 48 heavy (non-hydrogen) atoms. The minimum absolute atomic E-state index is 0.526. The van der Waals surface area contributed by atoms with Crippen LogP contribution in [-0.2, 0) is 4.74 Å². The largest absolute Gasteiger partial charge is 0.378 e. The first-order chi connectivity index (χ1) is 23.6. The molecule has 0 aromatic heterocycles. The van der Waals surface area contributed by atoms with E-state index in [1.807, 2.05) is 0 Å². The van der Waals surface area contributed by atoms with E-state index in [-0.39, 0.29) is 0 Å². The Morgan fingerprint density at radius 3 is 1.15 bits per heavy atom. The molecule has 0 aliphatic carbocycles. The zero-order valence-electron chi connectivity index (χ0n) is 34.2. The molecule has 0 unspecified atom stereocenters. The maximum absolute atomic E-state index is 6.46. The highest BCUT2D eigenvalue weighted by atomic mass is 16.5. The van der Waals surface area contributed by atoms with E-state index < -0.39 is 0 Å². The number of ether oxygens (including phenoxy) is 1. The zero-order chi connectivity index (χ0) is 35.0. The third-order valence-corrected chi connectivity index (χ3v) is 10.8. The lowest BCUT2D eigenvalue weighted by molar-refractivity contribution is 0.0357. The molecule has 0 saturated carbocycles. The second-order valence-corrected chi connectivity index (χ2v) is 15.9. The van der Waals surface area contributed by atoms with Crippen molar-refractivity contribution >= 4 is 0 Å². The molecule has 0 N–H and O–H groups in total. The highest BCUT2D eigenvalue weighted by Crippen LogP contribution is 2.19. The van der Waals surface area contributed by atoms with Gasteiger partial charge in [0.2, 0.25) is 0 Å². The Bertz CT molecular complexity index is 587. The SMILES string of the molecule is C=C(CCCCCCCCCCCC)CCCCCN(C)CCCCCCCCCOC(CCCCCCCC)CCCCCCCC. The van der Waals surface area contributed by atoms with Crippen LogP contribution in [0.3, 0.4) is 0 Å². The number of nitrogens with zero attached hydrogens (tertiary/aromatic N) is 1. The van der Waals surface area contributed by atoms with E-state index in [0.717, 1.165) is 6.61 Å². The lowest BCUT2D eigenvalue weighted by atomic mass is 10.0. The average Bonchev–Trinajstić information content (AvgIpc) is 3.08. The first-order valence-electron chi connectivity index (χ1n) is 22.6. The first-order valence-corrected chi connectivity index (χ1v) is 22.6. The van der Waals surface area contributed by atoms with Crippen LogP contribution in [0.1, 0.15) is 252 Å². The maximum Gasteiger partial charge on any atom is 0.0575 e. The molecule has 0 amide bonds. The molecule has 0 rings (SSSR count). The van der Waals surface area contributed by atoms with Crippen LogP contribution in [0.25, 0.3) is 0 Å². The highest BCUT2D eigenvalue weighted by molar-refractivity contribution is 4.93. The average molecular weight is 676 g/mol. The molecule has 0 radical (unpaired) electrons. The number of unbranched alkanes of at least 4 members (excludes halogenated alkanes) is 27. The summed E-state index contributed by atoms with van der Waals surface area (Å²) in [5.74, 6) is 0. The van der Waals surface area contributed by atoms with Crippen molar-refractivity contribution in [2.24, 2.45) is 0 Å². The third kappa shape index (κ3) is 38.5.